The highest BCUT2D eigenvalue weighted by molar-refractivity contribution is 5.99. The molecule has 0 spiro atoms. The summed E-state index contributed by atoms with van der Waals surface area (Å²) in [5.74, 6) is 0.000720. The van der Waals surface area contributed by atoms with Crippen molar-refractivity contribution in [2.24, 2.45) is 11.8 Å². The summed E-state index contributed by atoms with van der Waals surface area (Å²) in [4.78, 5) is 28.6. The molecule has 6 heteroatoms. The molecular weight excluding hydrogens is 330 g/mol. The third-order valence-electron chi connectivity index (χ3n) is 4.13. The molecule has 0 bridgehead atoms. The Morgan fingerprint density at radius 3 is 2.50 bits per heavy atom. The van der Waals surface area contributed by atoms with Crippen LogP contribution in [0.2, 0.25) is 0 Å². The summed E-state index contributed by atoms with van der Waals surface area (Å²) in [6, 6.07) is 12.8. The number of benzene rings is 1. The lowest BCUT2D eigenvalue weighted by atomic mass is 10.2. The minimum Gasteiger partial charge on any atom is -0.491 e. The number of hydrogen-bond donors (Lipinski definition) is 2. The van der Waals surface area contributed by atoms with Crippen molar-refractivity contribution >= 4 is 17.5 Å². The van der Waals surface area contributed by atoms with Crippen LogP contribution in [0.15, 0.2) is 48.7 Å². The molecule has 2 atom stereocenters. The lowest BCUT2D eigenvalue weighted by molar-refractivity contribution is -0.125. The molecule has 2 unspecified atom stereocenters. The van der Waals surface area contributed by atoms with Crippen molar-refractivity contribution in [3.63, 3.8) is 0 Å². The molecule has 2 N–H and O–H groups in total. The van der Waals surface area contributed by atoms with Gasteiger partial charge in [-0.2, -0.15) is 0 Å². The second-order valence-corrected chi connectivity index (χ2v) is 6.67. The Morgan fingerprint density at radius 2 is 1.85 bits per heavy atom. The zero-order valence-corrected chi connectivity index (χ0v) is 14.9. The number of ether oxygens (including phenoxy) is 1. The van der Waals surface area contributed by atoms with E-state index in [2.05, 4.69) is 15.6 Å². The highest BCUT2D eigenvalue weighted by Gasteiger charge is 2.47. The van der Waals surface area contributed by atoms with Crippen LogP contribution in [0.1, 0.15) is 26.0 Å². The van der Waals surface area contributed by atoms with Gasteiger partial charge < -0.3 is 15.4 Å². The third-order valence-corrected chi connectivity index (χ3v) is 4.13. The first kappa shape index (κ1) is 17.9. The number of nitrogens with zero attached hydrogens (tertiary/aromatic N) is 1. The predicted octanol–water partition coefficient (Wildman–Crippen LogP) is 2.76. The normalized spacial score (nSPS) is 18.3. The van der Waals surface area contributed by atoms with E-state index in [1.54, 1.807) is 18.3 Å². The summed E-state index contributed by atoms with van der Waals surface area (Å²) < 4.78 is 5.58. The molecule has 1 fully saturated rings. The van der Waals surface area contributed by atoms with Crippen molar-refractivity contribution < 1.29 is 14.3 Å². The molecule has 0 saturated heterocycles. The largest absolute Gasteiger partial charge is 0.491 e. The van der Waals surface area contributed by atoms with Gasteiger partial charge in [0.25, 0.3) is 0 Å². The number of carbonyl (C=O) groups excluding carboxylic acids is 2. The van der Waals surface area contributed by atoms with Crippen LogP contribution in [0.5, 0.6) is 5.75 Å². The summed E-state index contributed by atoms with van der Waals surface area (Å²) in [7, 11) is 0. The van der Waals surface area contributed by atoms with Gasteiger partial charge in [0.15, 0.2) is 0 Å². The second-order valence-electron chi connectivity index (χ2n) is 6.67. The van der Waals surface area contributed by atoms with E-state index >= 15 is 0 Å². The molecule has 26 heavy (non-hydrogen) atoms. The van der Waals surface area contributed by atoms with E-state index in [0.29, 0.717) is 18.7 Å². The van der Waals surface area contributed by atoms with Gasteiger partial charge in [0.1, 0.15) is 5.75 Å². The smallest absolute Gasteiger partial charge is 0.228 e. The quantitative estimate of drug-likeness (QED) is 0.802. The molecule has 1 aliphatic carbocycles. The Kier molecular flexibility index (Phi) is 5.51. The number of pyridine rings is 1. The SMILES string of the molecule is CC(C)Oc1ccc(NC(=O)C2CC2C(=O)NCc2ccccn2)cc1. The van der Waals surface area contributed by atoms with E-state index in [1.807, 2.05) is 44.2 Å². The van der Waals surface area contributed by atoms with Gasteiger partial charge in [-0.05, 0) is 56.7 Å². The molecule has 1 aliphatic rings. The van der Waals surface area contributed by atoms with Crippen molar-refractivity contribution in [2.75, 3.05) is 5.32 Å². The van der Waals surface area contributed by atoms with Crippen LogP contribution in [0.3, 0.4) is 0 Å². The van der Waals surface area contributed by atoms with Crippen LogP contribution in [0.25, 0.3) is 0 Å². The number of rotatable bonds is 7. The molecule has 1 heterocycles. The summed E-state index contributed by atoms with van der Waals surface area (Å²) in [5, 5.41) is 5.69. The Bertz CT molecular complexity index is 760. The number of nitrogens with one attached hydrogen (secondary N) is 2. The molecular formula is C20H23N3O3. The fraction of sp³-hybridized carbons (Fsp3) is 0.350. The van der Waals surface area contributed by atoms with Crippen LogP contribution in [0.4, 0.5) is 5.69 Å². The number of aromatic nitrogens is 1. The molecule has 2 amide bonds. The van der Waals surface area contributed by atoms with Gasteiger partial charge in [0.2, 0.25) is 11.8 Å². The minimum atomic E-state index is -0.273. The number of anilines is 1. The maximum atomic E-state index is 12.3. The number of amides is 2. The van der Waals surface area contributed by atoms with Crippen molar-refractivity contribution in [1.82, 2.24) is 10.3 Å². The van der Waals surface area contributed by atoms with Crippen molar-refractivity contribution in [1.29, 1.82) is 0 Å². The first-order chi connectivity index (χ1) is 12.5. The Balaban J connectivity index is 1.45. The van der Waals surface area contributed by atoms with E-state index in [9.17, 15) is 9.59 Å². The molecule has 1 aromatic carbocycles. The molecule has 0 radical (unpaired) electrons. The third kappa shape index (κ3) is 4.81. The maximum absolute atomic E-state index is 12.3. The average molecular weight is 353 g/mol. The fourth-order valence-corrected chi connectivity index (χ4v) is 2.71. The lowest BCUT2D eigenvalue weighted by Gasteiger charge is -2.10. The first-order valence-electron chi connectivity index (χ1n) is 8.78. The molecule has 2 aromatic rings. The molecule has 6 nitrogen and oxygen atoms in total. The highest BCUT2D eigenvalue weighted by Crippen LogP contribution is 2.39. The second kappa shape index (κ2) is 7.99. The van der Waals surface area contributed by atoms with Gasteiger partial charge in [0.05, 0.1) is 30.2 Å². The van der Waals surface area contributed by atoms with Crippen LogP contribution < -0.4 is 15.4 Å². The highest BCUT2D eigenvalue weighted by atomic mass is 16.5. The van der Waals surface area contributed by atoms with Gasteiger partial charge in [-0.25, -0.2) is 0 Å². The van der Waals surface area contributed by atoms with E-state index in [4.69, 9.17) is 4.74 Å². The molecule has 3 rings (SSSR count). The monoisotopic (exact) mass is 353 g/mol. The van der Waals surface area contributed by atoms with Gasteiger partial charge in [0, 0.05) is 11.9 Å². The average Bonchev–Trinajstić information content (AvgIpc) is 3.43. The molecule has 1 saturated carbocycles. The van der Waals surface area contributed by atoms with E-state index in [0.717, 1.165) is 11.4 Å². The zero-order chi connectivity index (χ0) is 18.5. The van der Waals surface area contributed by atoms with Gasteiger partial charge in [-0.15, -0.1) is 0 Å². The van der Waals surface area contributed by atoms with E-state index in [-0.39, 0.29) is 29.8 Å². The topological polar surface area (TPSA) is 80.3 Å². The summed E-state index contributed by atoms with van der Waals surface area (Å²) in [5.41, 5.74) is 1.50. The van der Waals surface area contributed by atoms with Gasteiger partial charge >= 0.3 is 0 Å². The molecule has 1 aromatic heterocycles. The van der Waals surface area contributed by atoms with Crippen molar-refractivity contribution in [3.8, 4) is 5.75 Å². The van der Waals surface area contributed by atoms with Crippen LogP contribution in [0, 0.1) is 11.8 Å². The Labute approximate surface area is 153 Å². The van der Waals surface area contributed by atoms with Crippen molar-refractivity contribution in [3.05, 3.63) is 54.4 Å². The number of hydrogen-bond acceptors (Lipinski definition) is 4. The minimum absolute atomic E-state index is 0.100. The summed E-state index contributed by atoms with van der Waals surface area (Å²) >= 11 is 0. The summed E-state index contributed by atoms with van der Waals surface area (Å²) in [6.45, 7) is 4.30. The zero-order valence-electron chi connectivity index (χ0n) is 14.9. The lowest BCUT2D eigenvalue weighted by Crippen LogP contribution is -2.27. The van der Waals surface area contributed by atoms with Crippen LogP contribution in [-0.2, 0) is 16.1 Å². The van der Waals surface area contributed by atoms with Crippen LogP contribution in [-0.4, -0.2) is 22.9 Å². The molecule has 0 aliphatic heterocycles. The van der Waals surface area contributed by atoms with Gasteiger partial charge in [-0.3, -0.25) is 14.6 Å². The predicted molar refractivity (Wildman–Crippen MR) is 98.5 cm³/mol. The Morgan fingerprint density at radius 1 is 1.12 bits per heavy atom. The van der Waals surface area contributed by atoms with E-state index < -0.39 is 0 Å². The standard InChI is InChI=1S/C20H23N3O3/c1-13(2)26-16-8-6-14(7-9-16)23-20(25)18-11-17(18)19(24)22-12-15-5-3-4-10-21-15/h3-10,13,17-18H,11-12H2,1-2H3,(H,22,24)(H,23,25). The molecule has 136 valence electrons. The number of carbonyl (C=O) groups is 2. The van der Waals surface area contributed by atoms with E-state index in [1.165, 1.54) is 0 Å². The fourth-order valence-electron chi connectivity index (χ4n) is 2.71. The maximum Gasteiger partial charge on any atom is 0.228 e. The van der Waals surface area contributed by atoms with Crippen molar-refractivity contribution in [2.45, 2.75) is 32.9 Å². The van der Waals surface area contributed by atoms with Gasteiger partial charge in [-0.1, -0.05) is 6.07 Å². The Hall–Kier alpha value is -2.89. The first-order valence-corrected chi connectivity index (χ1v) is 8.78. The summed E-state index contributed by atoms with van der Waals surface area (Å²) in [6.07, 6.45) is 2.37. The van der Waals surface area contributed by atoms with Crippen LogP contribution >= 0.6 is 0 Å².